The largest absolute Gasteiger partial charge is 0.444 e. The van der Waals surface area contributed by atoms with Crippen molar-refractivity contribution in [2.45, 2.75) is 64.7 Å². The lowest BCUT2D eigenvalue weighted by atomic mass is 9.99. The molecule has 14 heteroatoms. The van der Waals surface area contributed by atoms with Crippen molar-refractivity contribution in [3.8, 4) is 11.1 Å². The van der Waals surface area contributed by atoms with Gasteiger partial charge in [0.1, 0.15) is 11.6 Å². The molecule has 0 radical (unpaired) electrons. The number of fused-ring (bicyclic) bond motifs is 3. The third-order valence-corrected chi connectivity index (χ3v) is 7.78. The highest BCUT2D eigenvalue weighted by Crippen LogP contribution is 2.45. The normalized spacial score (nSPS) is 13.0. The Morgan fingerprint density at radius 1 is 0.688 bits per heavy atom. The smallest absolute Gasteiger partial charge is 0.408 e. The number of amides is 5. The molecule has 1 unspecified atom stereocenters. The minimum absolute atomic E-state index is 0.0719. The highest BCUT2D eigenvalue weighted by atomic mass is 32.2. The number of hydrogen-bond acceptors (Lipinski definition) is 9. The maximum Gasteiger partial charge on any atom is 0.408 e. The molecule has 0 heterocycles. The van der Waals surface area contributed by atoms with Crippen molar-refractivity contribution in [1.29, 1.82) is 0 Å². The van der Waals surface area contributed by atoms with Gasteiger partial charge in [0.15, 0.2) is 0 Å². The van der Waals surface area contributed by atoms with E-state index in [1.54, 1.807) is 41.5 Å². The molecule has 0 bridgehead atoms. The summed E-state index contributed by atoms with van der Waals surface area (Å²) < 4.78 is 10.8. The van der Waals surface area contributed by atoms with Gasteiger partial charge in [-0.25, -0.2) is 4.79 Å². The van der Waals surface area contributed by atoms with Crippen LogP contribution in [-0.2, 0) is 33.4 Å². The van der Waals surface area contributed by atoms with E-state index in [0.29, 0.717) is 5.75 Å². The molecule has 13 nitrogen and oxygen atoms in total. The van der Waals surface area contributed by atoms with Gasteiger partial charge in [0.25, 0.3) is 0 Å². The molecule has 3 rings (SSSR count). The van der Waals surface area contributed by atoms with Crippen LogP contribution >= 0.6 is 11.8 Å². The van der Waals surface area contributed by atoms with E-state index in [4.69, 9.17) is 9.47 Å². The lowest BCUT2D eigenvalue weighted by Crippen LogP contribution is -2.53. The van der Waals surface area contributed by atoms with E-state index >= 15 is 0 Å². The highest BCUT2D eigenvalue weighted by Gasteiger charge is 2.29. The molecule has 5 amide bonds. The SMILES string of the molecule is CC(C)(C)OCC(NC(=O)OC(C)(C)C)C(=O)NCC(=O)NCC(=O)NCC(=O)NCC(=O)SCC1c2ccccc2-c2ccccc21. The number of ether oxygens (including phenoxy) is 2. The van der Waals surface area contributed by atoms with E-state index in [1.807, 2.05) is 24.3 Å². The fraction of sp³-hybridized carbons (Fsp3) is 0.471. The Hall–Kier alpha value is -4.43. The summed E-state index contributed by atoms with van der Waals surface area (Å²) in [6.45, 7) is 8.70. The maximum absolute atomic E-state index is 12.7. The van der Waals surface area contributed by atoms with Gasteiger partial charge in [0, 0.05) is 11.7 Å². The maximum atomic E-state index is 12.7. The molecule has 0 aromatic heterocycles. The van der Waals surface area contributed by atoms with Crippen molar-refractivity contribution in [3.63, 3.8) is 0 Å². The molecule has 0 saturated carbocycles. The molecule has 5 N–H and O–H groups in total. The number of hydrogen-bond donors (Lipinski definition) is 5. The van der Waals surface area contributed by atoms with Crippen LogP contribution in [0.15, 0.2) is 48.5 Å². The second-order valence-corrected chi connectivity index (χ2v) is 14.2. The van der Waals surface area contributed by atoms with Crippen LogP contribution < -0.4 is 26.6 Å². The third-order valence-electron chi connectivity index (χ3n) is 6.81. The molecule has 260 valence electrons. The molecular formula is C34H45N5O8S. The highest BCUT2D eigenvalue weighted by molar-refractivity contribution is 8.13. The van der Waals surface area contributed by atoms with E-state index in [2.05, 4.69) is 50.8 Å². The molecule has 0 aliphatic heterocycles. The van der Waals surface area contributed by atoms with Crippen LogP contribution in [-0.4, -0.2) is 90.6 Å². The Balaban J connectivity index is 1.34. The number of alkyl carbamates (subject to hydrolysis) is 1. The number of carbonyl (C=O) groups is 6. The lowest BCUT2D eigenvalue weighted by Gasteiger charge is -2.26. The second-order valence-electron chi connectivity index (χ2n) is 13.1. The standard InChI is InChI=1S/C34H45N5O8S/c1-33(2,3)46-19-26(39-32(45)47-34(4,5)6)31(44)38-17-29(42)36-15-27(40)35-16-28(41)37-18-30(43)48-20-25-23-13-9-7-11-21(23)22-12-8-10-14-24(22)25/h7-14,25-26H,15-20H2,1-6H3,(H,35,40)(H,36,42)(H,37,41)(H,38,44)(H,39,45). The van der Waals surface area contributed by atoms with Crippen molar-refractivity contribution >= 4 is 46.6 Å². The summed E-state index contributed by atoms with van der Waals surface area (Å²) >= 11 is 1.14. The van der Waals surface area contributed by atoms with E-state index < -0.39 is 66.6 Å². The predicted molar refractivity (Wildman–Crippen MR) is 182 cm³/mol. The van der Waals surface area contributed by atoms with Crippen LogP contribution in [0.25, 0.3) is 11.1 Å². The molecular weight excluding hydrogens is 638 g/mol. The molecule has 2 aromatic carbocycles. The molecule has 1 atom stereocenters. The van der Waals surface area contributed by atoms with Crippen molar-refractivity contribution in [1.82, 2.24) is 26.6 Å². The molecule has 1 aliphatic rings. The summed E-state index contributed by atoms with van der Waals surface area (Å²) in [4.78, 5) is 74.1. The Labute approximate surface area is 285 Å². The minimum atomic E-state index is -1.14. The molecule has 0 saturated heterocycles. The van der Waals surface area contributed by atoms with Gasteiger partial charge in [-0.15, -0.1) is 0 Å². The number of benzene rings is 2. The Morgan fingerprint density at radius 2 is 1.17 bits per heavy atom. The quantitative estimate of drug-likeness (QED) is 0.200. The summed E-state index contributed by atoms with van der Waals surface area (Å²) in [6.07, 6.45) is -0.824. The Bertz CT molecular complexity index is 1460. The Morgan fingerprint density at radius 3 is 1.67 bits per heavy atom. The summed E-state index contributed by atoms with van der Waals surface area (Å²) in [6, 6.07) is 15.1. The van der Waals surface area contributed by atoms with Gasteiger partial charge >= 0.3 is 6.09 Å². The summed E-state index contributed by atoms with van der Waals surface area (Å²) in [5.41, 5.74) is 3.29. The van der Waals surface area contributed by atoms with Gasteiger partial charge in [0.05, 0.1) is 38.4 Å². The van der Waals surface area contributed by atoms with Gasteiger partial charge < -0.3 is 36.1 Å². The van der Waals surface area contributed by atoms with Gasteiger partial charge in [0.2, 0.25) is 28.7 Å². The van der Waals surface area contributed by atoms with Gasteiger partial charge in [-0.05, 0) is 63.8 Å². The van der Waals surface area contributed by atoms with Crippen LogP contribution in [0.2, 0.25) is 0 Å². The monoisotopic (exact) mass is 683 g/mol. The van der Waals surface area contributed by atoms with Crippen molar-refractivity contribution in [3.05, 3.63) is 59.7 Å². The first kappa shape index (κ1) is 38.0. The van der Waals surface area contributed by atoms with Crippen molar-refractivity contribution < 1.29 is 38.2 Å². The topological polar surface area (TPSA) is 181 Å². The number of nitrogens with one attached hydrogen (secondary N) is 5. The molecule has 0 fully saturated rings. The van der Waals surface area contributed by atoms with E-state index in [9.17, 15) is 28.8 Å². The summed E-state index contributed by atoms with van der Waals surface area (Å²) in [5.74, 6) is -1.97. The average molecular weight is 684 g/mol. The molecule has 1 aliphatic carbocycles. The van der Waals surface area contributed by atoms with Crippen molar-refractivity contribution in [2.75, 3.05) is 38.5 Å². The van der Waals surface area contributed by atoms with Crippen LogP contribution in [0.5, 0.6) is 0 Å². The van der Waals surface area contributed by atoms with Crippen LogP contribution in [0.1, 0.15) is 58.6 Å². The first-order chi connectivity index (χ1) is 22.5. The molecule has 0 spiro atoms. The number of rotatable bonds is 14. The fourth-order valence-corrected chi connectivity index (χ4v) is 5.53. The Kier molecular flexibility index (Phi) is 13.6. The fourth-order valence-electron chi connectivity index (χ4n) is 4.64. The first-order valence-corrected chi connectivity index (χ1v) is 16.6. The van der Waals surface area contributed by atoms with Gasteiger partial charge in [-0.1, -0.05) is 60.3 Å². The zero-order chi connectivity index (χ0) is 35.5. The van der Waals surface area contributed by atoms with Crippen LogP contribution in [0.4, 0.5) is 4.79 Å². The van der Waals surface area contributed by atoms with E-state index in [0.717, 1.165) is 11.8 Å². The van der Waals surface area contributed by atoms with Crippen LogP contribution in [0, 0.1) is 0 Å². The number of thioether (sulfide) groups is 1. The molecule has 2 aromatic rings. The van der Waals surface area contributed by atoms with Crippen LogP contribution in [0.3, 0.4) is 0 Å². The van der Waals surface area contributed by atoms with Gasteiger partial charge in [-0.2, -0.15) is 0 Å². The average Bonchev–Trinajstić information content (AvgIpc) is 3.33. The zero-order valence-corrected chi connectivity index (χ0v) is 29.0. The summed E-state index contributed by atoms with van der Waals surface area (Å²) in [7, 11) is 0. The summed E-state index contributed by atoms with van der Waals surface area (Å²) in [5, 5.41) is 11.8. The first-order valence-electron chi connectivity index (χ1n) is 15.6. The van der Waals surface area contributed by atoms with E-state index in [1.165, 1.54) is 22.3 Å². The zero-order valence-electron chi connectivity index (χ0n) is 28.2. The third kappa shape index (κ3) is 12.6. The van der Waals surface area contributed by atoms with E-state index in [-0.39, 0.29) is 24.2 Å². The minimum Gasteiger partial charge on any atom is -0.444 e. The molecule has 48 heavy (non-hydrogen) atoms. The number of carbonyl (C=O) groups excluding carboxylic acids is 6. The predicted octanol–water partition coefficient (Wildman–Crippen LogP) is 2.23. The van der Waals surface area contributed by atoms with Crippen molar-refractivity contribution in [2.24, 2.45) is 0 Å². The van der Waals surface area contributed by atoms with Gasteiger partial charge in [-0.3, -0.25) is 24.0 Å². The lowest BCUT2D eigenvalue weighted by molar-refractivity contribution is -0.130. The second kappa shape index (κ2) is 17.1.